The zero-order valence-corrected chi connectivity index (χ0v) is 18.2. The summed E-state index contributed by atoms with van der Waals surface area (Å²) in [5, 5.41) is 0. The van der Waals surface area contributed by atoms with E-state index in [1.54, 1.807) is 0 Å². The first-order valence-electron chi connectivity index (χ1n) is 7.72. The summed E-state index contributed by atoms with van der Waals surface area (Å²) in [6.45, 7) is 4.85. The quantitative estimate of drug-likeness (QED) is 0.588. The Hall–Kier alpha value is 0.115. The molecule has 102 valence electrons. The van der Waals surface area contributed by atoms with Gasteiger partial charge in [-0.15, -0.1) is 0 Å². The Balaban J connectivity index is 1.93. The first-order chi connectivity index (χ1) is 9.13. The predicted molar refractivity (Wildman–Crippen MR) is 77.3 cm³/mol. The van der Waals surface area contributed by atoms with Crippen molar-refractivity contribution in [2.24, 2.45) is 0 Å². The van der Waals surface area contributed by atoms with Gasteiger partial charge >= 0.3 is 131 Å². The fraction of sp³-hybridized carbons (Fsp3) is 0.647. The maximum atomic E-state index is 5.73. The molecule has 2 atom stereocenters. The van der Waals surface area contributed by atoms with Gasteiger partial charge in [0.15, 0.2) is 0 Å². The molecule has 1 saturated carbocycles. The number of ether oxygens (including phenoxy) is 1. The van der Waals surface area contributed by atoms with Crippen LogP contribution in [0.25, 0.3) is 0 Å². The monoisotopic (exact) mass is 448 g/mol. The van der Waals surface area contributed by atoms with Gasteiger partial charge in [-0.1, -0.05) is 0 Å². The van der Waals surface area contributed by atoms with Crippen LogP contribution in [0.4, 0.5) is 0 Å². The molecule has 0 spiro atoms. The van der Waals surface area contributed by atoms with E-state index in [4.69, 9.17) is 4.74 Å². The number of hydrogen-bond donors (Lipinski definition) is 0. The third-order valence-electron chi connectivity index (χ3n) is 4.84. The van der Waals surface area contributed by atoms with Crippen LogP contribution in [0.3, 0.4) is 0 Å². The molecule has 1 aliphatic carbocycles. The molecular weight excluding hydrogens is 421 g/mol. The number of rotatable bonds is 5. The van der Waals surface area contributed by atoms with E-state index in [1.165, 1.54) is 35.2 Å². The second-order valence-electron chi connectivity index (χ2n) is 6.61. The Morgan fingerprint density at radius 2 is 1.84 bits per heavy atom. The molecule has 1 aromatic carbocycles. The van der Waals surface area contributed by atoms with Crippen molar-refractivity contribution in [3.05, 3.63) is 35.9 Å². The molecule has 2 heteroatoms. The third-order valence-corrected chi connectivity index (χ3v) is 17.3. The van der Waals surface area contributed by atoms with Crippen LogP contribution >= 0.6 is 0 Å². The molecule has 0 bridgehead atoms. The van der Waals surface area contributed by atoms with Crippen molar-refractivity contribution in [3.8, 4) is 0 Å². The van der Waals surface area contributed by atoms with E-state index in [-0.39, 0.29) is 0 Å². The van der Waals surface area contributed by atoms with Gasteiger partial charge in [0.1, 0.15) is 0 Å². The summed E-state index contributed by atoms with van der Waals surface area (Å²) in [5.74, 6) is 0. The Labute approximate surface area is 130 Å². The Morgan fingerprint density at radius 1 is 1.16 bits per heavy atom. The normalized spacial score (nSPS) is 23.9. The maximum absolute atomic E-state index is 5.73. The van der Waals surface area contributed by atoms with Gasteiger partial charge in [0, 0.05) is 0 Å². The number of benzene rings is 1. The summed E-state index contributed by atoms with van der Waals surface area (Å²) in [4.78, 5) is 0. The third kappa shape index (κ3) is 4.29. The van der Waals surface area contributed by atoms with Gasteiger partial charge in [0.05, 0.1) is 0 Å². The van der Waals surface area contributed by atoms with E-state index in [1.807, 2.05) is 7.11 Å². The van der Waals surface area contributed by atoms with Crippen molar-refractivity contribution >= 4 is 0 Å². The van der Waals surface area contributed by atoms with Crippen molar-refractivity contribution < 1.29 is 29.3 Å². The van der Waals surface area contributed by atoms with Crippen LogP contribution in [0.1, 0.15) is 45.1 Å². The van der Waals surface area contributed by atoms with Gasteiger partial charge in [-0.05, 0) is 0 Å². The SMILES string of the molecule is CO[C@H]1CCCC[C@H]1[Hg][CH2]C(C)(C)c1ccccc1. The topological polar surface area (TPSA) is 9.23 Å². The zero-order chi connectivity index (χ0) is 13.7. The minimum absolute atomic E-state index is 0.374. The fourth-order valence-corrected chi connectivity index (χ4v) is 14.1. The van der Waals surface area contributed by atoms with Gasteiger partial charge in [0.25, 0.3) is 0 Å². The summed E-state index contributed by atoms with van der Waals surface area (Å²) < 4.78 is 8.19. The van der Waals surface area contributed by atoms with E-state index >= 15 is 0 Å². The Bertz CT molecular complexity index is 374. The molecular formula is C17H26HgO. The average molecular weight is 447 g/mol. The Morgan fingerprint density at radius 3 is 2.53 bits per heavy atom. The average Bonchev–Trinajstić information content (AvgIpc) is 2.46. The zero-order valence-electron chi connectivity index (χ0n) is 12.7. The van der Waals surface area contributed by atoms with Gasteiger partial charge in [-0.3, -0.25) is 0 Å². The molecule has 0 radical (unpaired) electrons. The van der Waals surface area contributed by atoms with Crippen molar-refractivity contribution in [1.82, 2.24) is 0 Å². The molecule has 0 saturated heterocycles. The summed E-state index contributed by atoms with van der Waals surface area (Å²) in [6.07, 6.45) is 6.18. The van der Waals surface area contributed by atoms with Crippen molar-refractivity contribution in [2.45, 2.75) is 58.4 Å². The molecule has 1 aromatic rings. The summed E-state index contributed by atoms with van der Waals surface area (Å²) >= 11 is -0.881. The van der Waals surface area contributed by atoms with Crippen LogP contribution in [-0.4, -0.2) is 13.2 Å². The minimum atomic E-state index is -0.881. The molecule has 0 aliphatic heterocycles. The first-order valence-corrected chi connectivity index (χ1v) is 14.8. The molecule has 1 nitrogen and oxygen atoms in total. The van der Waals surface area contributed by atoms with Crippen LogP contribution in [0.2, 0.25) is 7.36 Å². The second-order valence-corrected chi connectivity index (χ2v) is 14.9. The van der Waals surface area contributed by atoms with Crippen molar-refractivity contribution in [2.75, 3.05) is 7.11 Å². The summed E-state index contributed by atoms with van der Waals surface area (Å²) in [6, 6.07) is 11.1. The van der Waals surface area contributed by atoms with E-state index < -0.39 is 24.6 Å². The molecule has 1 fully saturated rings. The summed E-state index contributed by atoms with van der Waals surface area (Å²) in [7, 11) is 1.92. The Kier molecular flexibility index (Phi) is 5.89. The summed E-state index contributed by atoms with van der Waals surface area (Å²) in [5.41, 5.74) is 1.89. The van der Waals surface area contributed by atoms with Gasteiger partial charge in [0.2, 0.25) is 0 Å². The van der Waals surface area contributed by atoms with Gasteiger partial charge in [-0.2, -0.15) is 0 Å². The van der Waals surface area contributed by atoms with Crippen LogP contribution in [0.15, 0.2) is 30.3 Å². The number of methoxy groups -OCH3 is 1. The first kappa shape index (κ1) is 15.5. The standard InChI is InChI=1S/C10H13.C7H13O.Hg/c1-10(2,3)9-7-5-4-6-8-9;1-8-7-5-3-2-4-6-7;/h4-8H,1H2,2-3H3;5,7H,2-4,6H2,1H3;/t;7-;/m.1./s1. The van der Waals surface area contributed by atoms with Crippen LogP contribution < -0.4 is 0 Å². The van der Waals surface area contributed by atoms with E-state index in [0.29, 0.717) is 11.5 Å². The van der Waals surface area contributed by atoms with Crippen molar-refractivity contribution in [1.29, 1.82) is 0 Å². The molecule has 2 rings (SSSR count). The van der Waals surface area contributed by atoms with Gasteiger partial charge < -0.3 is 0 Å². The molecule has 0 unspecified atom stereocenters. The van der Waals surface area contributed by atoms with Crippen LogP contribution in [0.5, 0.6) is 0 Å². The molecule has 1 aliphatic rings. The van der Waals surface area contributed by atoms with Gasteiger partial charge in [-0.25, -0.2) is 0 Å². The molecule has 0 aromatic heterocycles. The van der Waals surface area contributed by atoms with E-state index in [0.717, 1.165) is 3.43 Å². The van der Waals surface area contributed by atoms with Crippen LogP contribution in [-0.2, 0) is 34.7 Å². The fourth-order valence-electron chi connectivity index (χ4n) is 3.39. The van der Waals surface area contributed by atoms with E-state index in [2.05, 4.69) is 44.2 Å². The van der Waals surface area contributed by atoms with Crippen molar-refractivity contribution in [3.63, 3.8) is 0 Å². The molecule has 0 N–H and O–H groups in total. The predicted octanol–water partition coefficient (Wildman–Crippen LogP) is 4.84. The molecule has 19 heavy (non-hydrogen) atoms. The number of hydrogen-bond acceptors (Lipinski definition) is 1. The molecule has 0 amide bonds. The second kappa shape index (κ2) is 7.22. The van der Waals surface area contributed by atoms with E-state index in [9.17, 15) is 0 Å². The van der Waals surface area contributed by atoms with Crippen LogP contribution in [0, 0.1) is 0 Å². The molecule has 0 heterocycles.